The number of halogens is 1. The van der Waals surface area contributed by atoms with Crippen LogP contribution < -0.4 is 0 Å². The van der Waals surface area contributed by atoms with Crippen LogP contribution in [-0.2, 0) is 6.54 Å². The lowest BCUT2D eigenvalue weighted by Gasteiger charge is -2.27. The second kappa shape index (κ2) is 6.55. The van der Waals surface area contributed by atoms with E-state index in [1.165, 1.54) is 25.0 Å². The van der Waals surface area contributed by atoms with Gasteiger partial charge >= 0.3 is 6.03 Å². The summed E-state index contributed by atoms with van der Waals surface area (Å²) in [5.74, 6) is -0.245. The first kappa shape index (κ1) is 13.8. The van der Waals surface area contributed by atoms with Crippen LogP contribution in [0.25, 0.3) is 0 Å². The molecule has 1 saturated heterocycles. The number of carbonyl (C=O) groups is 1. The van der Waals surface area contributed by atoms with Gasteiger partial charge in [-0.05, 0) is 30.5 Å². The minimum absolute atomic E-state index is 0.0752. The van der Waals surface area contributed by atoms with Crippen LogP contribution in [0.2, 0.25) is 0 Å². The molecule has 0 N–H and O–H groups in total. The van der Waals surface area contributed by atoms with Gasteiger partial charge in [-0.3, -0.25) is 0 Å². The summed E-state index contributed by atoms with van der Waals surface area (Å²) in [7, 11) is 1.80. The van der Waals surface area contributed by atoms with Crippen molar-refractivity contribution in [2.24, 2.45) is 0 Å². The highest BCUT2D eigenvalue weighted by atomic mass is 19.1. The van der Waals surface area contributed by atoms with Gasteiger partial charge in [0.2, 0.25) is 0 Å². The normalized spacial score (nSPS) is 16.0. The maximum atomic E-state index is 12.8. The van der Waals surface area contributed by atoms with Crippen LogP contribution in [0.4, 0.5) is 9.18 Å². The molecule has 4 heteroatoms. The molecule has 2 rings (SSSR count). The highest BCUT2D eigenvalue weighted by Crippen LogP contribution is 2.13. The lowest BCUT2D eigenvalue weighted by atomic mass is 10.2. The first-order valence-corrected chi connectivity index (χ1v) is 6.91. The molecule has 1 fully saturated rings. The molecule has 0 bridgehead atoms. The maximum absolute atomic E-state index is 12.8. The van der Waals surface area contributed by atoms with Gasteiger partial charge in [-0.25, -0.2) is 9.18 Å². The summed E-state index contributed by atoms with van der Waals surface area (Å²) in [5, 5.41) is 0. The van der Waals surface area contributed by atoms with Crippen molar-refractivity contribution in [2.75, 3.05) is 20.1 Å². The Kier molecular flexibility index (Phi) is 4.77. The fourth-order valence-electron chi connectivity index (χ4n) is 2.43. The third-order valence-corrected chi connectivity index (χ3v) is 3.54. The van der Waals surface area contributed by atoms with E-state index in [1.54, 1.807) is 24.1 Å². The molecule has 0 spiro atoms. The van der Waals surface area contributed by atoms with Gasteiger partial charge in [-0.15, -0.1) is 0 Å². The van der Waals surface area contributed by atoms with Crippen LogP contribution in [0, 0.1) is 5.82 Å². The van der Waals surface area contributed by atoms with E-state index in [0.29, 0.717) is 6.54 Å². The van der Waals surface area contributed by atoms with Crippen molar-refractivity contribution in [1.29, 1.82) is 0 Å². The molecule has 1 aromatic rings. The zero-order chi connectivity index (χ0) is 13.7. The van der Waals surface area contributed by atoms with Gasteiger partial charge < -0.3 is 9.80 Å². The Morgan fingerprint density at radius 2 is 1.74 bits per heavy atom. The van der Waals surface area contributed by atoms with Crippen molar-refractivity contribution in [3.63, 3.8) is 0 Å². The maximum Gasteiger partial charge on any atom is 0.320 e. The van der Waals surface area contributed by atoms with E-state index in [9.17, 15) is 9.18 Å². The van der Waals surface area contributed by atoms with Crippen molar-refractivity contribution < 1.29 is 9.18 Å². The molecular formula is C15H21FN2O. The summed E-state index contributed by atoms with van der Waals surface area (Å²) < 4.78 is 12.8. The molecule has 1 aromatic carbocycles. The van der Waals surface area contributed by atoms with Crippen molar-refractivity contribution in [2.45, 2.75) is 32.2 Å². The monoisotopic (exact) mass is 264 g/mol. The minimum Gasteiger partial charge on any atom is -0.325 e. The fourth-order valence-corrected chi connectivity index (χ4v) is 2.43. The molecule has 2 amide bonds. The van der Waals surface area contributed by atoms with E-state index in [0.717, 1.165) is 31.5 Å². The van der Waals surface area contributed by atoms with Crippen LogP contribution in [0.3, 0.4) is 0 Å². The Bertz CT molecular complexity index is 411. The molecular weight excluding hydrogens is 243 g/mol. The van der Waals surface area contributed by atoms with E-state index in [1.807, 2.05) is 4.90 Å². The van der Waals surface area contributed by atoms with E-state index < -0.39 is 0 Å². The van der Waals surface area contributed by atoms with Gasteiger partial charge in [0.05, 0.1) is 0 Å². The number of rotatable bonds is 2. The Morgan fingerprint density at radius 1 is 1.16 bits per heavy atom. The fraction of sp³-hybridized carbons (Fsp3) is 0.533. The van der Waals surface area contributed by atoms with Gasteiger partial charge in [-0.2, -0.15) is 0 Å². The first-order valence-electron chi connectivity index (χ1n) is 6.91. The van der Waals surface area contributed by atoms with Crippen LogP contribution in [0.15, 0.2) is 24.3 Å². The van der Waals surface area contributed by atoms with E-state index in [2.05, 4.69) is 0 Å². The highest BCUT2D eigenvalue weighted by Gasteiger charge is 2.19. The zero-order valence-electron chi connectivity index (χ0n) is 11.4. The third-order valence-electron chi connectivity index (χ3n) is 3.54. The Balaban J connectivity index is 1.92. The number of urea groups is 1. The second-order valence-corrected chi connectivity index (χ2v) is 5.17. The zero-order valence-corrected chi connectivity index (χ0v) is 11.4. The SMILES string of the molecule is CN(Cc1ccc(F)cc1)C(=O)N1CCCCCC1. The summed E-state index contributed by atoms with van der Waals surface area (Å²) in [6.45, 7) is 2.23. The first-order chi connectivity index (χ1) is 9.16. The molecule has 0 atom stereocenters. The quantitative estimate of drug-likeness (QED) is 0.804. The number of amides is 2. The van der Waals surface area contributed by atoms with Crippen molar-refractivity contribution in [3.05, 3.63) is 35.6 Å². The summed E-state index contributed by atoms with van der Waals surface area (Å²) in [5.41, 5.74) is 0.951. The van der Waals surface area contributed by atoms with E-state index >= 15 is 0 Å². The molecule has 1 heterocycles. The highest BCUT2D eigenvalue weighted by molar-refractivity contribution is 5.74. The molecule has 19 heavy (non-hydrogen) atoms. The number of benzene rings is 1. The van der Waals surface area contributed by atoms with Gasteiger partial charge in [0.15, 0.2) is 0 Å². The van der Waals surface area contributed by atoms with Gasteiger partial charge in [-0.1, -0.05) is 25.0 Å². The van der Waals surface area contributed by atoms with Crippen LogP contribution >= 0.6 is 0 Å². The van der Waals surface area contributed by atoms with E-state index in [4.69, 9.17) is 0 Å². The predicted molar refractivity (Wildman–Crippen MR) is 73.3 cm³/mol. The Labute approximate surface area is 114 Å². The van der Waals surface area contributed by atoms with Gasteiger partial charge in [0.25, 0.3) is 0 Å². The van der Waals surface area contributed by atoms with Crippen molar-refractivity contribution in [1.82, 2.24) is 9.80 Å². The summed E-state index contributed by atoms with van der Waals surface area (Å²) in [6, 6.07) is 6.38. The predicted octanol–water partition coefficient (Wildman–Crippen LogP) is 3.25. The molecule has 0 unspecified atom stereocenters. The average Bonchev–Trinajstić information content (AvgIpc) is 2.69. The second-order valence-electron chi connectivity index (χ2n) is 5.17. The number of hydrogen-bond acceptors (Lipinski definition) is 1. The lowest BCUT2D eigenvalue weighted by Crippen LogP contribution is -2.41. The minimum atomic E-state index is -0.245. The molecule has 3 nitrogen and oxygen atoms in total. The van der Waals surface area contributed by atoms with Crippen LogP contribution in [0.5, 0.6) is 0 Å². The summed E-state index contributed by atoms with van der Waals surface area (Å²) >= 11 is 0. The number of hydrogen-bond donors (Lipinski definition) is 0. The largest absolute Gasteiger partial charge is 0.325 e. The van der Waals surface area contributed by atoms with Gasteiger partial charge in [0.1, 0.15) is 5.82 Å². The number of nitrogens with zero attached hydrogens (tertiary/aromatic N) is 2. The summed E-state index contributed by atoms with van der Waals surface area (Å²) in [6.07, 6.45) is 4.61. The molecule has 0 aliphatic carbocycles. The van der Waals surface area contributed by atoms with Crippen molar-refractivity contribution >= 4 is 6.03 Å². The lowest BCUT2D eigenvalue weighted by molar-refractivity contribution is 0.162. The molecule has 0 aromatic heterocycles. The molecule has 0 saturated carbocycles. The van der Waals surface area contributed by atoms with E-state index in [-0.39, 0.29) is 11.8 Å². The molecule has 104 valence electrons. The Hall–Kier alpha value is -1.58. The number of likely N-dealkylation sites (tertiary alicyclic amines) is 1. The van der Waals surface area contributed by atoms with Crippen LogP contribution in [-0.4, -0.2) is 36.0 Å². The summed E-state index contributed by atoms with van der Waals surface area (Å²) in [4.78, 5) is 15.9. The third kappa shape index (κ3) is 3.94. The Morgan fingerprint density at radius 3 is 2.32 bits per heavy atom. The average molecular weight is 264 g/mol. The standard InChI is InChI=1S/C15H21FN2O/c1-17(12-13-6-8-14(16)9-7-13)15(19)18-10-4-2-3-5-11-18/h6-9H,2-5,10-12H2,1H3. The topological polar surface area (TPSA) is 23.6 Å². The van der Waals surface area contributed by atoms with Gasteiger partial charge in [0, 0.05) is 26.7 Å². The van der Waals surface area contributed by atoms with Crippen molar-refractivity contribution in [3.8, 4) is 0 Å². The molecule has 0 radical (unpaired) electrons. The molecule has 1 aliphatic heterocycles. The number of carbonyl (C=O) groups excluding carboxylic acids is 1. The molecule has 1 aliphatic rings. The smallest absolute Gasteiger partial charge is 0.320 e. The van der Waals surface area contributed by atoms with Crippen LogP contribution in [0.1, 0.15) is 31.2 Å².